The number of nitrogens with zero attached hydrogens (tertiary/aromatic N) is 1. The van der Waals surface area contributed by atoms with Gasteiger partial charge in [-0.25, -0.2) is 4.39 Å². The van der Waals surface area contributed by atoms with Crippen LogP contribution < -0.4 is 5.73 Å². The van der Waals surface area contributed by atoms with Crippen LogP contribution >= 0.6 is 11.8 Å². The predicted molar refractivity (Wildman–Crippen MR) is 62.9 cm³/mol. The molecule has 0 spiro atoms. The summed E-state index contributed by atoms with van der Waals surface area (Å²) in [5, 5.41) is 10.5. The first-order valence-electron chi connectivity index (χ1n) is 4.85. The molecule has 0 saturated carbocycles. The van der Waals surface area contributed by atoms with Gasteiger partial charge in [-0.3, -0.25) is 10.1 Å². The third-order valence-corrected chi connectivity index (χ3v) is 3.03. The van der Waals surface area contributed by atoms with E-state index in [1.54, 1.807) is 11.8 Å². The van der Waals surface area contributed by atoms with Crippen molar-refractivity contribution in [2.75, 3.05) is 12.3 Å². The molecule has 16 heavy (non-hydrogen) atoms. The lowest BCUT2D eigenvalue weighted by Crippen LogP contribution is -1.99. The Morgan fingerprint density at radius 1 is 1.44 bits per heavy atom. The van der Waals surface area contributed by atoms with Crippen LogP contribution in [0.25, 0.3) is 0 Å². The minimum absolute atomic E-state index is 0.200. The maximum absolute atomic E-state index is 13.0. The van der Waals surface area contributed by atoms with Crippen molar-refractivity contribution in [3.8, 4) is 0 Å². The van der Waals surface area contributed by atoms with Gasteiger partial charge >= 0.3 is 0 Å². The van der Waals surface area contributed by atoms with Gasteiger partial charge in [0.2, 0.25) is 0 Å². The number of hydrogen-bond donors (Lipinski definition) is 1. The molecule has 0 radical (unpaired) electrons. The van der Waals surface area contributed by atoms with Crippen LogP contribution in [-0.4, -0.2) is 17.2 Å². The summed E-state index contributed by atoms with van der Waals surface area (Å²) in [6, 6.07) is 3.65. The molecule has 2 N–H and O–H groups in total. The predicted octanol–water partition coefficient (Wildman–Crippen LogP) is 2.32. The van der Waals surface area contributed by atoms with Crippen molar-refractivity contribution < 1.29 is 9.31 Å². The summed E-state index contributed by atoms with van der Waals surface area (Å²) in [6.45, 7) is 0.621. The molecular weight excluding hydrogens is 231 g/mol. The topological polar surface area (TPSA) is 69.2 Å². The van der Waals surface area contributed by atoms with E-state index in [-0.39, 0.29) is 5.69 Å². The highest BCUT2D eigenvalue weighted by Gasteiger charge is 2.09. The molecule has 6 heteroatoms. The van der Waals surface area contributed by atoms with Gasteiger partial charge in [0.05, 0.1) is 11.0 Å². The van der Waals surface area contributed by atoms with Crippen LogP contribution in [0.15, 0.2) is 18.2 Å². The molecule has 0 saturated heterocycles. The second kappa shape index (κ2) is 6.44. The van der Waals surface area contributed by atoms with E-state index in [9.17, 15) is 14.5 Å². The van der Waals surface area contributed by atoms with E-state index in [0.717, 1.165) is 18.2 Å². The first kappa shape index (κ1) is 12.9. The minimum Gasteiger partial charge on any atom is -0.330 e. The Kier molecular flexibility index (Phi) is 5.21. The summed E-state index contributed by atoms with van der Waals surface area (Å²) in [6.07, 6.45) is 0.891. The van der Waals surface area contributed by atoms with Gasteiger partial charge in [-0.1, -0.05) is 0 Å². The van der Waals surface area contributed by atoms with Gasteiger partial charge in [0.1, 0.15) is 5.82 Å². The molecule has 0 aliphatic rings. The Balaban J connectivity index is 2.62. The third-order valence-electron chi connectivity index (χ3n) is 1.91. The second-order valence-corrected chi connectivity index (χ2v) is 4.37. The van der Waals surface area contributed by atoms with Gasteiger partial charge in [0.15, 0.2) is 0 Å². The molecule has 88 valence electrons. The zero-order valence-electron chi connectivity index (χ0n) is 8.69. The zero-order valence-corrected chi connectivity index (χ0v) is 9.50. The first-order chi connectivity index (χ1) is 7.63. The first-order valence-corrected chi connectivity index (χ1v) is 6.00. The Labute approximate surface area is 97.2 Å². The van der Waals surface area contributed by atoms with Gasteiger partial charge in [-0.05, 0) is 30.3 Å². The number of rotatable bonds is 6. The molecule has 4 nitrogen and oxygen atoms in total. The van der Waals surface area contributed by atoms with Gasteiger partial charge in [-0.15, -0.1) is 0 Å². The Hall–Kier alpha value is -1.14. The van der Waals surface area contributed by atoms with Crippen molar-refractivity contribution in [1.29, 1.82) is 0 Å². The van der Waals surface area contributed by atoms with Crippen molar-refractivity contribution in [1.82, 2.24) is 0 Å². The lowest BCUT2D eigenvalue weighted by Gasteiger charge is -2.01. The molecule has 0 aromatic heterocycles. The number of nitro benzene ring substituents is 1. The van der Waals surface area contributed by atoms with Crippen LogP contribution in [0.2, 0.25) is 0 Å². The number of hydrogen-bond acceptors (Lipinski definition) is 4. The molecule has 0 amide bonds. The van der Waals surface area contributed by atoms with Gasteiger partial charge in [0, 0.05) is 11.8 Å². The number of nitro groups is 1. The van der Waals surface area contributed by atoms with Crippen molar-refractivity contribution in [3.63, 3.8) is 0 Å². The van der Waals surface area contributed by atoms with Crippen LogP contribution in [0.1, 0.15) is 12.0 Å². The molecule has 1 rings (SSSR count). The number of non-ortho nitro benzene ring substituents is 1. The highest BCUT2D eigenvalue weighted by molar-refractivity contribution is 7.98. The molecule has 0 aliphatic carbocycles. The van der Waals surface area contributed by atoms with Crippen LogP contribution in [0.5, 0.6) is 0 Å². The van der Waals surface area contributed by atoms with Crippen molar-refractivity contribution >= 4 is 17.4 Å². The number of halogens is 1. The highest BCUT2D eigenvalue weighted by atomic mass is 32.2. The molecule has 0 atom stereocenters. The van der Waals surface area contributed by atoms with E-state index in [4.69, 9.17) is 5.73 Å². The van der Waals surface area contributed by atoms with Crippen molar-refractivity contribution in [2.45, 2.75) is 12.2 Å². The Morgan fingerprint density at radius 3 is 2.81 bits per heavy atom. The van der Waals surface area contributed by atoms with Crippen LogP contribution in [0.4, 0.5) is 10.1 Å². The van der Waals surface area contributed by atoms with E-state index in [1.165, 1.54) is 12.1 Å². The SMILES string of the molecule is NCCCSCc1cc(F)cc([N+](=O)[O-])c1. The number of thioether (sulfide) groups is 1. The van der Waals surface area contributed by atoms with E-state index in [0.29, 0.717) is 17.9 Å². The fourth-order valence-electron chi connectivity index (χ4n) is 1.20. The summed E-state index contributed by atoms with van der Waals surface area (Å²) in [4.78, 5) is 9.91. The average molecular weight is 244 g/mol. The largest absolute Gasteiger partial charge is 0.330 e. The zero-order chi connectivity index (χ0) is 12.0. The standard InChI is InChI=1S/C10H13FN2O2S/c11-9-4-8(7-16-3-1-2-12)5-10(6-9)13(14)15/h4-6H,1-3,7,12H2. The Bertz CT molecular complexity index is 374. The van der Waals surface area contributed by atoms with Crippen molar-refractivity contribution in [3.05, 3.63) is 39.7 Å². The van der Waals surface area contributed by atoms with Gasteiger partial charge in [0.25, 0.3) is 5.69 Å². The van der Waals surface area contributed by atoms with Gasteiger partial charge in [-0.2, -0.15) is 11.8 Å². The van der Waals surface area contributed by atoms with E-state index in [2.05, 4.69) is 0 Å². The highest BCUT2D eigenvalue weighted by Crippen LogP contribution is 2.20. The van der Waals surface area contributed by atoms with Crippen LogP contribution in [0.3, 0.4) is 0 Å². The molecular formula is C10H13FN2O2S. The summed E-state index contributed by atoms with van der Waals surface area (Å²) in [5.41, 5.74) is 5.77. The molecule has 0 heterocycles. The van der Waals surface area contributed by atoms with Crippen LogP contribution in [0, 0.1) is 15.9 Å². The summed E-state index contributed by atoms with van der Waals surface area (Å²) < 4.78 is 13.0. The van der Waals surface area contributed by atoms with E-state index >= 15 is 0 Å². The molecule has 0 aliphatic heterocycles. The molecule has 1 aromatic rings. The fraction of sp³-hybridized carbons (Fsp3) is 0.400. The summed E-state index contributed by atoms with van der Waals surface area (Å²) >= 11 is 1.59. The van der Waals surface area contributed by atoms with Gasteiger partial charge < -0.3 is 5.73 Å². The quantitative estimate of drug-likeness (QED) is 0.473. The maximum Gasteiger partial charge on any atom is 0.272 e. The lowest BCUT2D eigenvalue weighted by atomic mass is 10.2. The second-order valence-electron chi connectivity index (χ2n) is 3.27. The van der Waals surface area contributed by atoms with E-state index in [1.807, 2.05) is 0 Å². The molecule has 0 bridgehead atoms. The smallest absolute Gasteiger partial charge is 0.272 e. The molecule has 0 unspecified atom stereocenters. The van der Waals surface area contributed by atoms with Crippen LogP contribution in [-0.2, 0) is 5.75 Å². The maximum atomic E-state index is 13.0. The van der Waals surface area contributed by atoms with E-state index < -0.39 is 10.7 Å². The fourth-order valence-corrected chi connectivity index (χ4v) is 2.11. The molecule has 0 fully saturated rings. The Morgan fingerprint density at radius 2 is 2.19 bits per heavy atom. The lowest BCUT2D eigenvalue weighted by molar-refractivity contribution is -0.385. The van der Waals surface area contributed by atoms with Crippen molar-refractivity contribution in [2.24, 2.45) is 5.73 Å². The third kappa shape index (κ3) is 4.16. The minimum atomic E-state index is -0.586. The monoisotopic (exact) mass is 244 g/mol. The number of nitrogens with two attached hydrogens (primary N) is 1. The average Bonchev–Trinajstić information content (AvgIpc) is 2.23. The normalized spacial score (nSPS) is 10.4. The molecule has 1 aromatic carbocycles. The summed E-state index contributed by atoms with van der Waals surface area (Å²) in [5.74, 6) is 0.878. The summed E-state index contributed by atoms with van der Waals surface area (Å²) in [7, 11) is 0. The number of benzene rings is 1.